The molecular formula is C79H157NO5. The molecule has 3 N–H and O–H groups in total. The first kappa shape index (κ1) is 83.9. The number of hydrogen-bond acceptors (Lipinski definition) is 5. The number of ether oxygens (including phenoxy) is 1. The predicted octanol–water partition coefficient (Wildman–Crippen LogP) is 26.1. The molecule has 0 saturated carbocycles. The van der Waals surface area contributed by atoms with Gasteiger partial charge in [-0.05, 0) is 25.7 Å². The van der Waals surface area contributed by atoms with E-state index in [0.29, 0.717) is 25.9 Å². The van der Waals surface area contributed by atoms with Crippen LogP contribution in [0.4, 0.5) is 0 Å². The molecule has 0 aliphatic heterocycles. The Morgan fingerprint density at radius 3 is 0.718 bits per heavy atom. The van der Waals surface area contributed by atoms with Crippen molar-refractivity contribution in [2.24, 2.45) is 0 Å². The third-order valence-electron chi connectivity index (χ3n) is 19.2. The lowest BCUT2D eigenvalue weighted by molar-refractivity contribution is -0.143. The van der Waals surface area contributed by atoms with E-state index in [-0.39, 0.29) is 18.5 Å². The van der Waals surface area contributed by atoms with Gasteiger partial charge < -0.3 is 20.3 Å². The molecule has 0 saturated heterocycles. The van der Waals surface area contributed by atoms with Crippen LogP contribution in [0.25, 0.3) is 0 Å². The van der Waals surface area contributed by atoms with Crippen molar-refractivity contribution in [2.75, 3.05) is 13.2 Å². The van der Waals surface area contributed by atoms with Gasteiger partial charge >= 0.3 is 5.97 Å². The number of nitrogens with one attached hydrogen (secondary N) is 1. The maximum absolute atomic E-state index is 12.6. The number of rotatable bonds is 76. The maximum Gasteiger partial charge on any atom is 0.305 e. The van der Waals surface area contributed by atoms with E-state index in [1.54, 1.807) is 0 Å². The standard InChI is InChI=1S/C79H157NO5/c1-3-5-7-9-11-13-15-17-18-19-20-21-22-32-35-38-41-44-48-51-55-59-63-67-71-77(82)76(75-81)80-78(83)72-68-64-60-56-52-49-45-42-39-36-33-30-28-26-24-23-25-27-29-31-34-37-40-43-46-50-54-58-62-66-70-74-85-79(84)73-69-65-61-57-53-47-16-14-12-10-8-6-4-2/h76-77,81-82H,3-75H2,1-2H3,(H,80,83). The number of esters is 1. The average Bonchev–Trinajstić information content (AvgIpc) is 3.54. The first-order valence-electron chi connectivity index (χ1n) is 39.8. The quantitative estimate of drug-likeness (QED) is 0.0417. The van der Waals surface area contributed by atoms with Crippen LogP contribution >= 0.6 is 0 Å². The molecule has 508 valence electrons. The highest BCUT2D eigenvalue weighted by molar-refractivity contribution is 5.76. The van der Waals surface area contributed by atoms with Crippen LogP contribution < -0.4 is 5.32 Å². The third-order valence-corrected chi connectivity index (χ3v) is 19.2. The summed E-state index contributed by atoms with van der Waals surface area (Å²) in [5.74, 6) is -0.000348. The lowest BCUT2D eigenvalue weighted by atomic mass is 10.0. The highest BCUT2D eigenvalue weighted by Crippen LogP contribution is 2.21. The summed E-state index contributed by atoms with van der Waals surface area (Å²) >= 11 is 0. The zero-order valence-electron chi connectivity index (χ0n) is 58.4. The van der Waals surface area contributed by atoms with Gasteiger partial charge in [0, 0.05) is 12.8 Å². The lowest BCUT2D eigenvalue weighted by Gasteiger charge is -2.22. The van der Waals surface area contributed by atoms with Gasteiger partial charge in [-0.2, -0.15) is 0 Å². The fourth-order valence-corrected chi connectivity index (χ4v) is 13.1. The number of carbonyl (C=O) groups is 2. The largest absolute Gasteiger partial charge is 0.466 e. The average molecular weight is 1200 g/mol. The molecule has 2 atom stereocenters. The van der Waals surface area contributed by atoms with Gasteiger partial charge in [0.05, 0.1) is 25.4 Å². The van der Waals surface area contributed by atoms with Crippen molar-refractivity contribution in [1.29, 1.82) is 0 Å². The number of hydrogen-bond donors (Lipinski definition) is 3. The monoisotopic (exact) mass is 1200 g/mol. The number of amides is 1. The van der Waals surface area contributed by atoms with E-state index < -0.39 is 12.1 Å². The molecule has 0 bridgehead atoms. The molecule has 1 amide bonds. The summed E-state index contributed by atoms with van der Waals surface area (Å²) in [4.78, 5) is 24.6. The fraction of sp³-hybridized carbons (Fsp3) is 0.975. The molecule has 85 heavy (non-hydrogen) atoms. The first-order valence-corrected chi connectivity index (χ1v) is 39.8. The molecule has 0 fully saturated rings. The summed E-state index contributed by atoms with van der Waals surface area (Å²) in [6.07, 6.45) is 93.4. The molecule has 0 aromatic heterocycles. The maximum atomic E-state index is 12.6. The van der Waals surface area contributed by atoms with Crippen molar-refractivity contribution in [1.82, 2.24) is 5.32 Å². The summed E-state index contributed by atoms with van der Waals surface area (Å²) in [6.45, 7) is 5.02. The van der Waals surface area contributed by atoms with Crippen LogP contribution in [-0.4, -0.2) is 47.4 Å². The van der Waals surface area contributed by atoms with Crippen LogP contribution in [0, 0.1) is 0 Å². The number of carbonyl (C=O) groups excluding carboxylic acids is 2. The smallest absolute Gasteiger partial charge is 0.305 e. The SMILES string of the molecule is CCCCCCCCCCCCCCCCCCCCCCCCCCC(O)C(CO)NC(=O)CCCCCCCCCCCCCCCCCCCCCCCCCCCCCCCCCOC(=O)CCCCCCCCCCCCCCC. The van der Waals surface area contributed by atoms with E-state index in [9.17, 15) is 19.8 Å². The molecule has 2 unspecified atom stereocenters. The molecule has 0 aliphatic carbocycles. The van der Waals surface area contributed by atoms with E-state index in [0.717, 1.165) is 38.5 Å². The summed E-state index contributed by atoms with van der Waals surface area (Å²) < 4.78 is 5.50. The van der Waals surface area contributed by atoms with Crippen LogP contribution in [0.1, 0.15) is 470 Å². The van der Waals surface area contributed by atoms with Gasteiger partial charge in [-0.1, -0.05) is 431 Å². The highest BCUT2D eigenvalue weighted by atomic mass is 16.5. The fourth-order valence-electron chi connectivity index (χ4n) is 13.1. The van der Waals surface area contributed by atoms with Crippen LogP contribution in [-0.2, 0) is 14.3 Å². The summed E-state index contributed by atoms with van der Waals surface area (Å²) in [7, 11) is 0. The van der Waals surface area contributed by atoms with Crippen molar-refractivity contribution >= 4 is 11.9 Å². The molecule has 0 aliphatic rings. The number of aliphatic hydroxyl groups excluding tert-OH is 2. The summed E-state index contributed by atoms with van der Waals surface area (Å²) in [5, 5.41) is 23.5. The Hall–Kier alpha value is -1.14. The number of unbranched alkanes of at least 4 members (excludes halogenated alkanes) is 65. The van der Waals surface area contributed by atoms with Gasteiger partial charge in [-0.15, -0.1) is 0 Å². The molecule has 0 radical (unpaired) electrons. The Kier molecular flexibility index (Phi) is 74.3. The van der Waals surface area contributed by atoms with Crippen LogP contribution in [0.3, 0.4) is 0 Å². The summed E-state index contributed by atoms with van der Waals surface area (Å²) in [6, 6.07) is -0.539. The Morgan fingerprint density at radius 2 is 0.482 bits per heavy atom. The third kappa shape index (κ3) is 71.8. The number of aliphatic hydroxyl groups is 2. The molecule has 0 spiro atoms. The van der Waals surface area contributed by atoms with Gasteiger partial charge in [-0.25, -0.2) is 0 Å². The second-order valence-corrected chi connectivity index (χ2v) is 27.8. The summed E-state index contributed by atoms with van der Waals surface area (Å²) in [5.41, 5.74) is 0. The topological polar surface area (TPSA) is 95.9 Å². The zero-order valence-corrected chi connectivity index (χ0v) is 58.4. The van der Waals surface area contributed by atoms with Gasteiger partial charge in [-0.3, -0.25) is 9.59 Å². The van der Waals surface area contributed by atoms with Crippen molar-refractivity contribution in [2.45, 2.75) is 482 Å². The second-order valence-electron chi connectivity index (χ2n) is 27.8. The van der Waals surface area contributed by atoms with E-state index in [4.69, 9.17) is 4.74 Å². The molecule has 0 rings (SSSR count). The second kappa shape index (κ2) is 75.3. The molecule has 0 aromatic rings. The minimum Gasteiger partial charge on any atom is -0.466 e. The van der Waals surface area contributed by atoms with Crippen molar-refractivity contribution in [3.05, 3.63) is 0 Å². The first-order chi connectivity index (χ1) is 42.0. The molecular weight excluding hydrogens is 1040 g/mol. The normalized spacial score (nSPS) is 12.4. The van der Waals surface area contributed by atoms with Gasteiger partial charge in [0.2, 0.25) is 5.91 Å². The highest BCUT2D eigenvalue weighted by Gasteiger charge is 2.20. The Morgan fingerprint density at radius 1 is 0.282 bits per heavy atom. The van der Waals surface area contributed by atoms with Gasteiger partial charge in [0.1, 0.15) is 0 Å². The molecule has 0 heterocycles. The lowest BCUT2D eigenvalue weighted by Crippen LogP contribution is -2.45. The molecule has 0 aromatic carbocycles. The Labute approximate surface area is 534 Å². The predicted molar refractivity (Wildman–Crippen MR) is 375 cm³/mol. The molecule has 6 heteroatoms. The Bertz CT molecular complexity index is 1240. The van der Waals surface area contributed by atoms with Crippen LogP contribution in [0.15, 0.2) is 0 Å². The van der Waals surface area contributed by atoms with Gasteiger partial charge in [0.15, 0.2) is 0 Å². The van der Waals surface area contributed by atoms with E-state index in [1.165, 1.54) is 398 Å². The minimum absolute atomic E-state index is 0.0238. The van der Waals surface area contributed by atoms with Crippen molar-refractivity contribution < 1.29 is 24.5 Å². The Balaban J connectivity index is 3.32. The van der Waals surface area contributed by atoms with E-state index in [1.807, 2.05) is 0 Å². The zero-order chi connectivity index (χ0) is 61.3. The van der Waals surface area contributed by atoms with E-state index in [2.05, 4.69) is 19.2 Å². The van der Waals surface area contributed by atoms with Crippen molar-refractivity contribution in [3.63, 3.8) is 0 Å². The minimum atomic E-state index is -0.662. The van der Waals surface area contributed by atoms with Crippen LogP contribution in [0.5, 0.6) is 0 Å². The molecule has 6 nitrogen and oxygen atoms in total. The van der Waals surface area contributed by atoms with Crippen LogP contribution in [0.2, 0.25) is 0 Å². The van der Waals surface area contributed by atoms with E-state index >= 15 is 0 Å². The van der Waals surface area contributed by atoms with Crippen molar-refractivity contribution in [3.8, 4) is 0 Å². The van der Waals surface area contributed by atoms with Gasteiger partial charge in [0.25, 0.3) is 0 Å².